The molecule has 1 aromatic heterocycles. The number of nitrogens with zero attached hydrogens (tertiary/aromatic N) is 1. The van der Waals surface area contributed by atoms with Gasteiger partial charge in [-0.2, -0.15) is 5.26 Å². The van der Waals surface area contributed by atoms with Gasteiger partial charge in [0.15, 0.2) is 5.78 Å². The minimum absolute atomic E-state index is 0.0150. The van der Waals surface area contributed by atoms with Crippen LogP contribution in [-0.4, -0.2) is 5.78 Å². The van der Waals surface area contributed by atoms with Crippen molar-refractivity contribution >= 4 is 51.3 Å². The van der Waals surface area contributed by atoms with E-state index in [-0.39, 0.29) is 10.6 Å². The maximum absolute atomic E-state index is 13.9. The molecule has 0 N–H and O–H groups in total. The van der Waals surface area contributed by atoms with E-state index in [0.717, 1.165) is 2.88 Å². The highest BCUT2D eigenvalue weighted by Crippen LogP contribution is 2.28. The molecule has 0 radical (unpaired) electrons. The van der Waals surface area contributed by atoms with Gasteiger partial charge in [-0.05, 0) is 34.7 Å². The first-order chi connectivity index (χ1) is 9.04. The molecule has 1 heterocycles. The van der Waals surface area contributed by atoms with E-state index in [9.17, 15) is 9.18 Å². The topological polar surface area (TPSA) is 40.9 Å². The van der Waals surface area contributed by atoms with E-state index in [2.05, 4.69) is 22.6 Å². The van der Waals surface area contributed by atoms with Crippen LogP contribution < -0.4 is 0 Å². The van der Waals surface area contributed by atoms with Crippen LogP contribution in [0.15, 0.2) is 29.6 Å². The Hall–Kier alpha value is -0.970. The van der Waals surface area contributed by atoms with Crippen molar-refractivity contribution in [2.75, 3.05) is 0 Å². The SMILES string of the molecule is N#CC(C(=O)c1csc(I)c1)c1cccc(Cl)c1F. The van der Waals surface area contributed by atoms with Crippen molar-refractivity contribution in [2.24, 2.45) is 0 Å². The summed E-state index contributed by atoms with van der Waals surface area (Å²) in [5.74, 6) is -2.30. The van der Waals surface area contributed by atoms with Crippen LogP contribution in [0, 0.1) is 20.0 Å². The van der Waals surface area contributed by atoms with Gasteiger partial charge < -0.3 is 0 Å². The quantitative estimate of drug-likeness (QED) is 0.551. The Kier molecular flexibility index (Phi) is 4.55. The number of Topliss-reactive ketones (excluding diaryl/α,β-unsaturated/α-hetero) is 1. The molecular formula is C13H6ClFINOS. The summed E-state index contributed by atoms with van der Waals surface area (Å²) >= 11 is 9.16. The number of rotatable bonds is 3. The molecule has 1 aromatic carbocycles. The van der Waals surface area contributed by atoms with Crippen LogP contribution in [0.3, 0.4) is 0 Å². The lowest BCUT2D eigenvalue weighted by Gasteiger charge is -2.09. The van der Waals surface area contributed by atoms with E-state index in [1.165, 1.54) is 29.5 Å². The normalized spacial score (nSPS) is 11.9. The third-order valence-corrected chi connectivity index (χ3v) is 4.62. The summed E-state index contributed by atoms with van der Waals surface area (Å²) in [6, 6.07) is 7.84. The predicted octanol–water partition coefficient (Wildman–Crippen LogP) is 4.64. The molecule has 2 rings (SSSR count). The van der Waals surface area contributed by atoms with E-state index >= 15 is 0 Å². The molecule has 6 heteroatoms. The van der Waals surface area contributed by atoms with Gasteiger partial charge in [-0.3, -0.25) is 4.79 Å². The molecule has 0 bridgehead atoms. The Balaban J connectivity index is 2.43. The lowest BCUT2D eigenvalue weighted by atomic mass is 9.93. The van der Waals surface area contributed by atoms with Crippen LogP contribution in [-0.2, 0) is 0 Å². The molecule has 0 aliphatic rings. The van der Waals surface area contributed by atoms with Gasteiger partial charge in [0.1, 0.15) is 11.7 Å². The molecule has 1 atom stereocenters. The first-order valence-corrected chi connectivity index (χ1v) is 7.50. The Morgan fingerprint density at radius 1 is 1.53 bits per heavy atom. The Morgan fingerprint density at radius 3 is 2.84 bits per heavy atom. The first-order valence-electron chi connectivity index (χ1n) is 5.16. The molecule has 96 valence electrons. The summed E-state index contributed by atoms with van der Waals surface area (Å²) in [6.07, 6.45) is 0. The van der Waals surface area contributed by atoms with Crippen molar-refractivity contribution in [3.8, 4) is 6.07 Å². The molecule has 0 amide bonds. The third-order valence-electron chi connectivity index (χ3n) is 2.54. The van der Waals surface area contributed by atoms with Crippen LogP contribution in [0.1, 0.15) is 21.8 Å². The van der Waals surface area contributed by atoms with Gasteiger partial charge in [-0.1, -0.05) is 23.7 Å². The monoisotopic (exact) mass is 405 g/mol. The van der Waals surface area contributed by atoms with Crippen LogP contribution in [0.25, 0.3) is 0 Å². The van der Waals surface area contributed by atoms with Gasteiger partial charge in [0, 0.05) is 16.5 Å². The van der Waals surface area contributed by atoms with E-state index in [0.29, 0.717) is 5.56 Å². The summed E-state index contributed by atoms with van der Waals surface area (Å²) < 4.78 is 14.8. The number of benzene rings is 1. The van der Waals surface area contributed by atoms with Gasteiger partial charge in [0.25, 0.3) is 0 Å². The smallest absolute Gasteiger partial charge is 0.185 e. The zero-order valence-electron chi connectivity index (χ0n) is 9.36. The zero-order valence-corrected chi connectivity index (χ0v) is 13.1. The van der Waals surface area contributed by atoms with Crippen LogP contribution >= 0.6 is 45.5 Å². The molecular weight excluding hydrogens is 400 g/mol. The summed E-state index contributed by atoms with van der Waals surface area (Å²) in [7, 11) is 0. The first kappa shape index (κ1) is 14.4. The molecule has 0 fully saturated rings. The minimum Gasteiger partial charge on any atom is -0.292 e. The molecule has 2 aromatic rings. The molecule has 0 saturated heterocycles. The largest absolute Gasteiger partial charge is 0.292 e. The summed E-state index contributed by atoms with van der Waals surface area (Å²) in [5, 5.41) is 10.7. The number of carbonyl (C=O) groups excluding carboxylic acids is 1. The average Bonchev–Trinajstić information content (AvgIpc) is 2.82. The predicted molar refractivity (Wildman–Crippen MR) is 81.1 cm³/mol. The van der Waals surface area contributed by atoms with E-state index in [1.807, 2.05) is 6.07 Å². The van der Waals surface area contributed by atoms with Crippen molar-refractivity contribution in [1.82, 2.24) is 0 Å². The molecule has 1 unspecified atom stereocenters. The second-order valence-electron chi connectivity index (χ2n) is 3.71. The fourth-order valence-electron chi connectivity index (χ4n) is 1.62. The summed E-state index contributed by atoms with van der Waals surface area (Å²) in [5.41, 5.74) is 0.432. The van der Waals surface area contributed by atoms with Crippen molar-refractivity contribution < 1.29 is 9.18 Å². The maximum Gasteiger partial charge on any atom is 0.185 e. The molecule has 19 heavy (non-hydrogen) atoms. The highest BCUT2D eigenvalue weighted by atomic mass is 127. The van der Waals surface area contributed by atoms with Crippen LogP contribution in [0.4, 0.5) is 4.39 Å². The Morgan fingerprint density at radius 2 is 2.26 bits per heavy atom. The van der Waals surface area contributed by atoms with Crippen molar-refractivity contribution in [3.63, 3.8) is 0 Å². The van der Waals surface area contributed by atoms with Gasteiger partial charge in [-0.25, -0.2) is 4.39 Å². The highest BCUT2D eigenvalue weighted by Gasteiger charge is 2.26. The number of ketones is 1. The highest BCUT2D eigenvalue weighted by molar-refractivity contribution is 14.1. The number of halogens is 3. The van der Waals surface area contributed by atoms with Gasteiger partial charge >= 0.3 is 0 Å². The number of nitriles is 1. The molecule has 0 aliphatic carbocycles. The van der Waals surface area contributed by atoms with Gasteiger partial charge in [-0.15, -0.1) is 11.3 Å². The van der Waals surface area contributed by atoms with Crippen molar-refractivity contribution in [1.29, 1.82) is 5.26 Å². The van der Waals surface area contributed by atoms with Gasteiger partial charge in [0.05, 0.1) is 14.0 Å². The second-order valence-corrected chi connectivity index (χ2v) is 6.92. The lowest BCUT2D eigenvalue weighted by molar-refractivity contribution is 0.0978. The Labute approximate surface area is 132 Å². The van der Waals surface area contributed by atoms with Crippen molar-refractivity contribution in [2.45, 2.75) is 5.92 Å². The zero-order chi connectivity index (χ0) is 14.0. The van der Waals surface area contributed by atoms with E-state index in [4.69, 9.17) is 16.9 Å². The Bertz CT molecular complexity index is 680. The van der Waals surface area contributed by atoms with E-state index in [1.54, 1.807) is 11.4 Å². The van der Waals surface area contributed by atoms with Gasteiger partial charge in [0.2, 0.25) is 0 Å². The number of carbonyl (C=O) groups is 1. The molecule has 0 aliphatic heterocycles. The molecule has 0 saturated carbocycles. The van der Waals surface area contributed by atoms with Crippen LogP contribution in [0.5, 0.6) is 0 Å². The van der Waals surface area contributed by atoms with E-state index < -0.39 is 17.5 Å². The second kappa shape index (κ2) is 5.99. The summed E-state index contributed by atoms with van der Waals surface area (Å²) in [6.45, 7) is 0. The number of hydrogen-bond donors (Lipinski definition) is 0. The standard InChI is InChI=1S/C13H6ClFINOS/c14-10-3-1-2-8(12(10)15)9(5-17)13(18)7-4-11(16)19-6-7/h1-4,6,9H. The number of thiophene rings is 1. The number of hydrogen-bond acceptors (Lipinski definition) is 3. The minimum atomic E-state index is -1.18. The third kappa shape index (κ3) is 2.96. The van der Waals surface area contributed by atoms with Crippen LogP contribution in [0.2, 0.25) is 5.02 Å². The summed E-state index contributed by atoms with van der Waals surface area (Å²) in [4.78, 5) is 12.2. The average molecular weight is 406 g/mol. The lowest BCUT2D eigenvalue weighted by Crippen LogP contribution is -2.12. The molecule has 2 nitrogen and oxygen atoms in total. The van der Waals surface area contributed by atoms with Crippen molar-refractivity contribution in [3.05, 3.63) is 54.5 Å². The maximum atomic E-state index is 13.9. The molecule has 0 spiro atoms. The fraction of sp³-hybridized carbons (Fsp3) is 0.0769. The fourth-order valence-corrected chi connectivity index (χ4v) is 3.14.